The van der Waals surface area contributed by atoms with Crippen LogP contribution in [0.5, 0.6) is 11.5 Å². The van der Waals surface area contributed by atoms with E-state index in [4.69, 9.17) is 29.3 Å². The van der Waals surface area contributed by atoms with E-state index in [0.29, 0.717) is 38.5 Å². The molecule has 2 aromatic rings. The van der Waals surface area contributed by atoms with Crippen LogP contribution >= 0.6 is 0 Å². The van der Waals surface area contributed by atoms with Crippen LogP contribution in [0.25, 0.3) is 0 Å². The van der Waals surface area contributed by atoms with Crippen LogP contribution in [0, 0.1) is 10.1 Å². The minimum Gasteiger partial charge on any atom is -0.497 e. The van der Waals surface area contributed by atoms with Crippen molar-refractivity contribution >= 4 is 27.6 Å². The molecule has 0 aromatic heterocycles. The third kappa shape index (κ3) is 7.37. The SMILES string of the molecule is COc1ccc(CN2CCN(S(=O)(=O)c3ccc([N+](=O)[O-])cc3)CC2)c(OC)c1.O=C(O)C(=O)O. The van der Waals surface area contributed by atoms with Gasteiger partial charge >= 0.3 is 11.9 Å². The summed E-state index contributed by atoms with van der Waals surface area (Å²) in [6, 6.07) is 10.6. The van der Waals surface area contributed by atoms with E-state index in [9.17, 15) is 18.5 Å². The van der Waals surface area contributed by atoms with Gasteiger partial charge in [-0.3, -0.25) is 15.0 Å². The summed E-state index contributed by atoms with van der Waals surface area (Å²) in [5.41, 5.74) is 0.863. The zero-order valence-electron chi connectivity index (χ0n) is 19.0. The first-order chi connectivity index (χ1) is 16.5. The molecular weight excluding hydrogens is 486 g/mol. The van der Waals surface area contributed by atoms with Gasteiger partial charge < -0.3 is 19.7 Å². The topological polar surface area (TPSA) is 177 Å². The number of rotatable bonds is 7. The number of piperazine rings is 1. The molecule has 1 fully saturated rings. The highest BCUT2D eigenvalue weighted by atomic mass is 32.2. The molecule has 0 unspecified atom stereocenters. The van der Waals surface area contributed by atoms with E-state index in [1.54, 1.807) is 14.2 Å². The smallest absolute Gasteiger partial charge is 0.414 e. The maximum Gasteiger partial charge on any atom is 0.414 e. The Morgan fingerprint density at radius 2 is 1.54 bits per heavy atom. The normalized spacial score (nSPS) is 14.3. The van der Waals surface area contributed by atoms with E-state index in [1.165, 1.54) is 28.6 Å². The molecule has 35 heavy (non-hydrogen) atoms. The summed E-state index contributed by atoms with van der Waals surface area (Å²) in [5, 5.41) is 25.5. The zero-order valence-corrected chi connectivity index (χ0v) is 19.8. The maximum absolute atomic E-state index is 12.8. The Labute approximate surface area is 201 Å². The van der Waals surface area contributed by atoms with Crippen molar-refractivity contribution in [2.45, 2.75) is 11.4 Å². The molecule has 1 saturated heterocycles. The first-order valence-electron chi connectivity index (χ1n) is 10.1. The summed E-state index contributed by atoms with van der Waals surface area (Å²) >= 11 is 0. The van der Waals surface area contributed by atoms with Gasteiger partial charge in [0.15, 0.2) is 0 Å². The van der Waals surface area contributed by atoms with Crippen molar-refractivity contribution in [1.82, 2.24) is 9.21 Å². The molecule has 0 spiro atoms. The van der Waals surface area contributed by atoms with Crippen LogP contribution in [0.3, 0.4) is 0 Å². The molecule has 0 bridgehead atoms. The second kappa shape index (κ2) is 12.1. The Hall–Kier alpha value is -3.75. The number of hydrogen-bond acceptors (Lipinski definition) is 9. The first-order valence-corrected chi connectivity index (χ1v) is 11.6. The van der Waals surface area contributed by atoms with E-state index in [1.807, 2.05) is 18.2 Å². The average molecular weight is 512 g/mol. The number of nitro groups is 1. The number of methoxy groups -OCH3 is 2. The molecule has 0 saturated carbocycles. The monoisotopic (exact) mass is 511 g/mol. The van der Waals surface area contributed by atoms with E-state index < -0.39 is 26.9 Å². The predicted octanol–water partition coefficient (Wildman–Crippen LogP) is 1.27. The fourth-order valence-corrected chi connectivity index (χ4v) is 4.66. The molecule has 190 valence electrons. The molecular formula is C21H25N3O10S. The van der Waals surface area contributed by atoms with E-state index in [2.05, 4.69) is 4.90 Å². The first kappa shape index (κ1) is 27.5. The van der Waals surface area contributed by atoms with E-state index in [-0.39, 0.29) is 10.6 Å². The minimum absolute atomic E-state index is 0.0633. The summed E-state index contributed by atoms with van der Waals surface area (Å²) in [5.74, 6) is -2.21. The van der Waals surface area contributed by atoms with Gasteiger partial charge in [-0.25, -0.2) is 18.0 Å². The summed E-state index contributed by atoms with van der Waals surface area (Å²) < 4.78 is 37.7. The van der Waals surface area contributed by atoms with Gasteiger partial charge in [-0.05, 0) is 18.2 Å². The van der Waals surface area contributed by atoms with Crippen LogP contribution in [0.15, 0.2) is 47.4 Å². The lowest BCUT2D eigenvalue weighted by Gasteiger charge is -2.34. The van der Waals surface area contributed by atoms with Crippen molar-refractivity contribution in [3.63, 3.8) is 0 Å². The van der Waals surface area contributed by atoms with Gasteiger partial charge in [-0.1, -0.05) is 6.07 Å². The quantitative estimate of drug-likeness (QED) is 0.311. The highest BCUT2D eigenvalue weighted by Gasteiger charge is 2.29. The van der Waals surface area contributed by atoms with Gasteiger partial charge in [0, 0.05) is 56.5 Å². The molecule has 13 nitrogen and oxygen atoms in total. The lowest BCUT2D eigenvalue weighted by atomic mass is 10.1. The molecule has 3 rings (SSSR count). The minimum atomic E-state index is -3.68. The van der Waals surface area contributed by atoms with Crippen molar-refractivity contribution in [2.24, 2.45) is 0 Å². The number of carboxylic acid groups (broad SMARTS) is 2. The third-order valence-corrected chi connectivity index (χ3v) is 7.00. The van der Waals surface area contributed by atoms with Crippen LogP contribution in [0.2, 0.25) is 0 Å². The molecule has 1 aliphatic rings. The van der Waals surface area contributed by atoms with Gasteiger partial charge in [0.1, 0.15) is 11.5 Å². The van der Waals surface area contributed by atoms with Gasteiger partial charge in [0.25, 0.3) is 5.69 Å². The number of benzene rings is 2. The molecule has 0 atom stereocenters. The molecule has 14 heteroatoms. The Morgan fingerprint density at radius 1 is 0.971 bits per heavy atom. The fourth-order valence-electron chi connectivity index (χ4n) is 3.24. The Kier molecular flexibility index (Phi) is 9.50. The Bertz CT molecular complexity index is 1150. The lowest BCUT2D eigenvalue weighted by molar-refractivity contribution is -0.384. The number of non-ortho nitro benzene ring substituents is 1. The van der Waals surface area contributed by atoms with Crippen molar-refractivity contribution in [1.29, 1.82) is 0 Å². The number of nitrogens with zero attached hydrogens (tertiary/aromatic N) is 3. The third-order valence-electron chi connectivity index (χ3n) is 5.09. The number of ether oxygens (including phenoxy) is 2. The fraction of sp³-hybridized carbons (Fsp3) is 0.333. The van der Waals surface area contributed by atoms with Gasteiger partial charge in [-0.2, -0.15) is 4.31 Å². The summed E-state index contributed by atoms with van der Waals surface area (Å²) in [4.78, 5) is 30.6. The predicted molar refractivity (Wildman–Crippen MR) is 122 cm³/mol. The standard InChI is InChI=1S/C19H23N3O6S.C2H2O4/c1-27-17-6-3-15(19(13-17)28-2)14-20-9-11-21(12-10-20)29(25,26)18-7-4-16(5-8-18)22(23)24;3-1(4)2(5)6/h3-8,13H,9-12,14H2,1-2H3;(H,3,4)(H,5,6). The van der Waals surface area contributed by atoms with Gasteiger partial charge in [0.05, 0.1) is 24.0 Å². The van der Waals surface area contributed by atoms with Crippen LogP contribution < -0.4 is 9.47 Å². The van der Waals surface area contributed by atoms with Crippen LogP contribution in [0.1, 0.15) is 5.56 Å². The highest BCUT2D eigenvalue weighted by Crippen LogP contribution is 2.27. The van der Waals surface area contributed by atoms with Crippen LogP contribution in [0.4, 0.5) is 5.69 Å². The molecule has 0 radical (unpaired) electrons. The van der Waals surface area contributed by atoms with Crippen LogP contribution in [-0.2, 0) is 26.2 Å². The molecule has 2 aromatic carbocycles. The van der Waals surface area contributed by atoms with E-state index in [0.717, 1.165) is 11.3 Å². The van der Waals surface area contributed by atoms with Crippen molar-refractivity contribution < 1.29 is 42.6 Å². The largest absolute Gasteiger partial charge is 0.497 e. The second-order valence-electron chi connectivity index (χ2n) is 7.22. The number of aliphatic carboxylic acids is 2. The van der Waals surface area contributed by atoms with Gasteiger partial charge in [0.2, 0.25) is 10.0 Å². The summed E-state index contributed by atoms with van der Waals surface area (Å²) in [6.45, 7) is 2.47. The molecule has 1 aliphatic heterocycles. The Morgan fingerprint density at radius 3 is 2.00 bits per heavy atom. The number of carbonyl (C=O) groups is 2. The lowest BCUT2D eigenvalue weighted by Crippen LogP contribution is -2.48. The van der Waals surface area contributed by atoms with Crippen LogP contribution in [-0.4, -0.2) is 85.1 Å². The van der Waals surface area contributed by atoms with Crippen molar-refractivity contribution in [3.05, 3.63) is 58.1 Å². The second-order valence-corrected chi connectivity index (χ2v) is 9.16. The number of carboxylic acids is 2. The van der Waals surface area contributed by atoms with Crippen molar-refractivity contribution in [3.8, 4) is 11.5 Å². The molecule has 0 aliphatic carbocycles. The number of hydrogen-bond donors (Lipinski definition) is 2. The van der Waals surface area contributed by atoms with Gasteiger partial charge in [-0.15, -0.1) is 0 Å². The molecule has 1 heterocycles. The average Bonchev–Trinajstić information content (AvgIpc) is 2.85. The number of nitro benzene ring substituents is 1. The molecule has 2 N–H and O–H groups in total. The Balaban J connectivity index is 0.000000641. The summed E-state index contributed by atoms with van der Waals surface area (Å²) in [6.07, 6.45) is 0. The number of sulfonamides is 1. The highest BCUT2D eigenvalue weighted by molar-refractivity contribution is 7.89. The van der Waals surface area contributed by atoms with Crippen molar-refractivity contribution in [2.75, 3.05) is 40.4 Å². The molecule has 0 amide bonds. The maximum atomic E-state index is 12.8. The zero-order chi connectivity index (χ0) is 26.2. The van der Waals surface area contributed by atoms with E-state index >= 15 is 0 Å². The summed E-state index contributed by atoms with van der Waals surface area (Å²) in [7, 11) is -0.479.